The highest BCUT2D eigenvalue weighted by Gasteiger charge is 2.25. The van der Waals surface area contributed by atoms with Gasteiger partial charge in [0, 0.05) is 29.3 Å². The van der Waals surface area contributed by atoms with Crippen LogP contribution >= 0.6 is 0 Å². The van der Waals surface area contributed by atoms with Crippen molar-refractivity contribution < 1.29 is 18.7 Å². The minimum Gasteiger partial charge on any atom is -0.496 e. The Balaban J connectivity index is 1.93. The van der Waals surface area contributed by atoms with E-state index >= 15 is 0 Å². The standard InChI is InChI=1S/C24H29FN2O3/c1-14-19(10-16(11-20(14)25)23(29)27-17-7-8-17)18-9-6-15(12-21(18)30-5)22(28)26-13-24(2,3)4/h6,9-12,17H,7-8,13H2,1-5H3,(H,26,28)(H,27,29). The summed E-state index contributed by atoms with van der Waals surface area (Å²) in [6, 6.07) is 8.18. The smallest absolute Gasteiger partial charge is 0.251 e. The molecule has 1 aliphatic rings. The normalized spacial score (nSPS) is 13.7. The maximum absolute atomic E-state index is 14.6. The lowest BCUT2D eigenvalue weighted by Gasteiger charge is -2.19. The van der Waals surface area contributed by atoms with E-state index in [1.54, 1.807) is 31.2 Å². The number of amides is 2. The summed E-state index contributed by atoms with van der Waals surface area (Å²) in [5, 5.41) is 5.80. The maximum Gasteiger partial charge on any atom is 0.251 e. The van der Waals surface area contributed by atoms with E-state index in [-0.39, 0.29) is 28.8 Å². The van der Waals surface area contributed by atoms with Gasteiger partial charge in [-0.1, -0.05) is 20.8 Å². The Labute approximate surface area is 177 Å². The molecular formula is C24H29FN2O3. The predicted molar refractivity (Wildman–Crippen MR) is 115 cm³/mol. The summed E-state index contributed by atoms with van der Waals surface area (Å²) < 4.78 is 20.1. The number of carbonyl (C=O) groups is 2. The Morgan fingerprint density at radius 2 is 1.77 bits per heavy atom. The minimum atomic E-state index is -0.456. The van der Waals surface area contributed by atoms with Gasteiger partial charge >= 0.3 is 0 Å². The van der Waals surface area contributed by atoms with Gasteiger partial charge in [0.2, 0.25) is 0 Å². The van der Waals surface area contributed by atoms with Crippen molar-refractivity contribution in [1.82, 2.24) is 10.6 Å². The second kappa shape index (κ2) is 8.46. The van der Waals surface area contributed by atoms with Crippen LogP contribution in [0, 0.1) is 18.2 Å². The Hall–Kier alpha value is -2.89. The average Bonchev–Trinajstić information content (AvgIpc) is 3.51. The molecule has 0 radical (unpaired) electrons. The molecule has 2 amide bonds. The fourth-order valence-corrected chi connectivity index (χ4v) is 3.09. The molecule has 160 valence electrons. The third-order valence-corrected chi connectivity index (χ3v) is 5.05. The molecule has 0 spiro atoms. The highest BCUT2D eigenvalue weighted by molar-refractivity contribution is 5.98. The van der Waals surface area contributed by atoms with Crippen molar-refractivity contribution in [3.8, 4) is 16.9 Å². The Morgan fingerprint density at radius 3 is 2.37 bits per heavy atom. The SMILES string of the molecule is COc1cc(C(=O)NCC(C)(C)C)ccc1-c1cc(C(=O)NC2CC2)cc(F)c1C. The molecular weight excluding hydrogens is 383 g/mol. The lowest BCUT2D eigenvalue weighted by atomic mass is 9.95. The molecule has 0 unspecified atom stereocenters. The molecule has 1 aliphatic carbocycles. The molecule has 0 heterocycles. The van der Waals surface area contributed by atoms with E-state index in [1.807, 2.05) is 20.8 Å². The van der Waals surface area contributed by atoms with Crippen LogP contribution in [0.3, 0.4) is 0 Å². The van der Waals surface area contributed by atoms with E-state index in [0.29, 0.717) is 34.5 Å². The van der Waals surface area contributed by atoms with E-state index in [1.165, 1.54) is 13.2 Å². The molecule has 5 nitrogen and oxygen atoms in total. The van der Waals surface area contributed by atoms with Gasteiger partial charge in [0.05, 0.1) is 7.11 Å². The lowest BCUT2D eigenvalue weighted by Crippen LogP contribution is -2.32. The van der Waals surface area contributed by atoms with Gasteiger partial charge in [0.25, 0.3) is 11.8 Å². The number of carbonyl (C=O) groups excluding carboxylic acids is 2. The molecule has 1 fully saturated rings. The molecule has 2 aromatic rings. The quantitative estimate of drug-likeness (QED) is 0.735. The number of ether oxygens (including phenoxy) is 1. The van der Waals surface area contributed by atoms with E-state index < -0.39 is 5.82 Å². The maximum atomic E-state index is 14.6. The third-order valence-electron chi connectivity index (χ3n) is 5.05. The molecule has 2 aromatic carbocycles. The first-order valence-electron chi connectivity index (χ1n) is 10.2. The second-order valence-electron chi connectivity index (χ2n) is 9.04. The largest absolute Gasteiger partial charge is 0.496 e. The van der Waals surface area contributed by atoms with Crippen LogP contribution in [-0.4, -0.2) is 31.5 Å². The fourth-order valence-electron chi connectivity index (χ4n) is 3.09. The van der Waals surface area contributed by atoms with Crippen LogP contribution in [0.15, 0.2) is 30.3 Å². The highest BCUT2D eigenvalue weighted by atomic mass is 19.1. The van der Waals surface area contributed by atoms with Crippen LogP contribution in [-0.2, 0) is 0 Å². The monoisotopic (exact) mass is 412 g/mol. The first-order chi connectivity index (χ1) is 14.1. The summed E-state index contributed by atoms with van der Waals surface area (Å²) in [4.78, 5) is 24.9. The highest BCUT2D eigenvalue weighted by Crippen LogP contribution is 2.35. The van der Waals surface area contributed by atoms with Crippen molar-refractivity contribution in [3.63, 3.8) is 0 Å². The number of nitrogens with one attached hydrogen (secondary N) is 2. The van der Waals surface area contributed by atoms with Gasteiger partial charge in [-0.2, -0.15) is 0 Å². The number of rotatable bonds is 6. The number of hydrogen-bond acceptors (Lipinski definition) is 3. The van der Waals surface area contributed by atoms with Gasteiger partial charge in [-0.3, -0.25) is 9.59 Å². The molecule has 0 saturated heterocycles. The number of halogens is 1. The van der Waals surface area contributed by atoms with Gasteiger partial charge in [-0.25, -0.2) is 4.39 Å². The topological polar surface area (TPSA) is 67.4 Å². The van der Waals surface area contributed by atoms with Crippen molar-refractivity contribution in [2.45, 2.75) is 46.6 Å². The number of hydrogen-bond donors (Lipinski definition) is 2. The van der Waals surface area contributed by atoms with Crippen molar-refractivity contribution >= 4 is 11.8 Å². The molecule has 3 rings (SSSR count). The summed E-state index contributed by atoms with van der Waals surface area (Å²) in [5.41, 5.74) is 2.31. The van der Waals surface area contributed by atoms with Gasteiger partial charge in [-0.15, -0.1) is 0 Å². The minimum absolute atomic E-state index is 0.0319. The van der Waals surface area contributed by atoms with Gasteiger partial charge in [0.1, 0.15) is 11.6 Å². The average molecular weight is 413 g/mol. The Kier molecular flexibility index (Phi) is 6.15. The van der Waals surface area contributed by atoms with Gasteiger partial charge in [-0.05, 0) is 66.6 Å². The van der Waals surface area contributed by atoms with E-state index in [0.717, 1.165) is 12.8 Å². The first-order valence-corrected chi connectivity index (χ1v) is 10.2. The van der Waals surface area contributed by atoms with Gasteiger partial charge < -0.3 is 15.4 Å². The molecule has 0 aromatic heterocycles. The van der Waals surface area contributed by atoms with Crippen LogP contribution in [0.1, 0.15) is 59.9 Å². The summed E-state index contributed by atoms with van der Waals surface area (Å²) in [6.45, 7) is 8.33. The first kappa shape index (κ1) is 21.8. The van der Waals surface area contributed by atoms with Crippen molar-refractivity contribution in [2.24, 2.45) is 5.41 Å². The zero-order valence-electron chi connectivity index (χ0n) is 18.2. The lowest BCUT2D eigenvalue weighted by molar-refractivity contribution is 0.0935. The molecule has 0 atom stereocenters. The summed E-state index contributed by atoms with van der Waals surface area (Å²) in [7, 11) is 1.50. The summed E-state index contributed by atoms with van der Waals surface area (Å²) in [5.74, 6) is -0.492. The van der Waals surface area contributed by atoms with Crippen molar-refractivity contribution in [3.05, 3.63) is 52.8 Å². The summed E-state index contributed by atoms with van der Waals surface area (Å²) in [6.07, 6.45) is 1.92. The van der Waals surface area contributed by atoms with Crippen molar-refractivity contribution in [2.75, 3.05) is 13.7 Å². The number of methoxy groups -OCH3 is 1. The second-order valence-corrected chi connectivity index (χ2v) is 9.04. The Morgan fingerprint density at radius 1 is 1.07 bits per heavy atom. The van der Waals surface area contributed by atoms with Crippen LogP contribution < -0.4 is 15.4 Å². The number of benzene rings is 2. The molecule has 1 saturated carbocycles. The molecule has 2 N–H and O–H groups in total. The van der Waals surface area contributed by atoms with Crippen molar-refractivity contribution in [1.29, 1.82) is 0 Å². The van der Waals surface area contributed by atoms with Gasteiger partial charge in [0.15, 0.2) is 0 Å². The van der Waals surface area contributed by atoms with Crippen LogP contribution in [0.5, 0.6) is 5.75 Å². The fraction of sp³-hybridized carbons (Fsp3) is 0.417. The van der Waals surface area contributed by atoms with Crippen LogP contribution in [0.2, 0.25) is 0 Å². The molecule has 0 bridgehead atoms. The van der Waals surface area contributed by atoms with E-state index in [4.69, 9.17) is 4.74 Å². The third kappa shape index (κ3) is 5.17. The zero-order chi connectivity index (χ0) is 22.1. The van der Waals surface area contributed by atoms with Crippen LogP contribution in [0.4, 0.5) is 4.39 Å². The molecule has 30 heavy (non-hydrogen) atoms. The van der Waals surface area contributed by atoms with Crippen LogP contribution in [0.25, 0.3) is 11.1 Å². The van der Waals surface area contributed by atoms with E-state index in [9.17, 15) is 14.0 Å². The van der Waals surface area contributed by atoms with E-state index in [2.05, 4.69) is 10.6 Å². The molecule has 0 aliphatic heterocycles. The predicted octanol–water partition coefficient (Wildman–Crippen LogP) is 4.48. The summed E-state index contributed by atoms with van der Waals surface area (Å²) >= 11 is 0. The Bertz CT molecular complexity index is 975. The molecule has 6 heteroatoms. The zero-order valence-corrected chi connectivity index (χ0v) is 18.2.